The summed E-state index contributed by atoms with van der Waals surface area (Å²) in [5, 5.41) is 6.57. The number of ether oxygens (including phenoxy) is 1. The number of nitrogens with zero attached hydrogens (tertiary/aromatic N) is 1. The quantitative estimate of drug-likeness (QED) is 0.697. The number of rotatable bonds is 3. The van der Waals surface area contributed by atoms with E-state index in [0.29, 0.717) is 23.6 Å². The number of hydrogen-bond donors (Lipinski definition) is 1. The molecule has 0 amide bonds. The molecule has 0 aliphatic heterocycles. The zero-order valence-electron chi connectivity index (χ0n) is 5.93. The minimum atomic E-state index is 0.221. The first kappa shape index (κ1) is 8.23. The number of halogens is 1. The number of aromatic nitrogens is 2. The van der Waals surface area contributed by atoms with Gasteiger partial charge in [0.05, 0.1) is 17.3 Å². The fraction of sp³-hybridized carbons (Fsp3) is 0.333. The van der Waals surface area contributed by atoms with Crippen molar-refractivity contribution >= 4 is 17.9 Å². The lowest BCUT2D eigenvalue weighted by Crippen LogP contribution is -1.87. The summed E-state index contributed by atoms with van der Waals surface area (Å²) in [4.78, 5) is 10.2. The predicted molar refractivity (Wildman–Crippen MR) is 39.7 cm³/mol. The SMILES string of the molecule is COCc1[nH]nc(C=O)c1Cl. The number of carbonyl (C=O) groups excluding carboxylic acids is 1. The molecule has 1 aromatic heterocycles. The number of carbonyl (C=O) groups is 1. The molecule has 0 radical (unpaired) electrons. The number of aromatic amines is 1. The van der Waals surface area contributed by atoms with Crippen molar-refractivity contribution in [1.29, 1.82) is 0 Å². The predicted octanol–water partition coefficient (Wildman–Crippen LogP) is 1.02. The number of methoxy groups -OCH3 is 1. The molecule has 0 atom stereocenters. The van der Waals surface area contributed by atoms with Crippen LogP contribution in [-0.4, -0.2) is 23.6 Å². The molecule has 1 N–H and O–H groups in total. The largest absolute Gasteiger partial charge is 0.378 e. The molecule has 0 aromatic carbocycles. The summed E-state index contributed by atoms with van der Waals surface area (Å²) in [6.45, 7) is 0.333. The fourth-order valence-electron chi connectivity index (χ4n) is 0.699. The van der Waals surface area contributed by atoms with Crippen LogP contribution in [0.5, 0.6) is 0 Å². The maximum atomic E-state index is 10.2. The normalized spacial score (nSPS) is 10.0. The maximum Gasteiger partial charge on any atom is 0.171 e. The van der Waals surface area contributed by atoms with Crippen molar-refractivity contribution in [2.75, 3.05) is 7.11 Å². The summed E-state index contributed by atoms with van der Waals surface area (Å²) < 4.78 is 4.79. The average molecular weight is 175 g/mol. The molecule has 60 valence electrons. The summed E-state index contributed by atoms with van der Waals surface area (Å²) in [5.74, 6) is 0. The van der Waals surface area contributed by atoms with Crippen LogP contribution in [0.2, 0.25) is 5.02 Å². The van der Waals surface area contributed by atoms with E-state index in [1.807, 2.05) is 0 Å². The van der Waals surface area contributed by atoms with Gasteiger partial charge in [-0.1, -0.05) is 11.6 Å². The van der Waals surface area contributed by atoms with Crippen LogP contribution in [0.25, 0.3) is 0 Å². The molecule has 5 heteroatoms. The third-order valence-electron chi connectivity index (χ3n) is 1.20. The highest BCUT2D eigenvalue weighted by molar-refractivity contribution is 6.33. The Balaban J connectivity index is 2.90. The van der Waals surface area contributed by atoms with Crippen LogP contribution in [0.15, 0.2) is 0 Å². The lowest BCUT2D eigenvalue weighted by Gasteiger charge is -1.92. The lowest BCUT2D eigenvalue weighted by molar-refractivity contribution is 0.111. The molecule has 0 unspecified atom stereocenters. The number of H-pyrrole nitrogens is 1. The molecule has 0 spiro atoms. The Labute approximate surface area is 68.5 Å². The Bertz CT molecular complexity index is 259. The fourth-order valence-corrected chi connectivity index (χ4v) is 0.882. The third-order valence-corrected chi connectivity index (χ3v) is 1.62. The van der Waals surface area contributed by atoms with Crippen molar-refractivity contribution in [1.82, 2.24) is 10.2 Å². The Morgan fingerprint density at radius 3 is 3.00 bits per heavy atom. The molecule has 1 rings (SSSR count). The summed E-state index contributed by atoms with van der Waals surface area (Å²) in [7, 11) is 1.54. The van der Waals surface area contributed by atoms with Crippen molar-refractivity contribution in [3.8, 4) is 0 Å². The van der Waals surface area contributed by atoms with E-state index < -0.39 is 0 Å². The minimum absolute atomic E-state index is 0.221. The standard InChI is InChI=1S/C6H7ClN2O2/c1-11-3-5-6(7)4(2-10)8-9-5/h2H,3H2,1H3,(H,8,9). The van der Waals surface area contributed by atoms with Crippen molar-refractivity contribution in [2.24, 2.45) is 0 Å². The van der Waals surface area contributed by atoms with E-state index in [2.05, 4.69) is 10.2 Å². The van der Waals surface area contributed by atoms with Gasteiger partial charge in [-0.05, 0) is 0 Å². The van der Waals surface area contributed by atoms with Gasteiger partial charge in [0.15, 0.2) is 6.29 Å². The monoisotopic (exact) mass is 174 g/mol. The van der Waals surface area contributed by atoms with E-state index in [0.717, 1.165) is 0 Å². The van der Waals surface area contributed by atoms with Crippen molar-refractivity contribution in [2.45, 2.75) is 6.61 Å². The lowest BCUT2D eigenvalue weighted by atomic mass is 10.4. The van der Waals surface area contributed by atoms with Gasteiger partial charge in [0, 0.05) is 7.11 Å². The van der Waals surface area contributed by atoms with Crippen molar-refractivity contribution in [3.05, 3.63) is 16.4 Å². The van der Waals surface area contributed by atoms with Crippen molar-refractivity contribution in [3.63, 3.8) is 0 Å². The van der Waals surface area contributed by atoms with Gasteiger partial charge in [-0.3, -0.25) is 9.89 Å². The second-order valence-corrected chi connectivity index (χ2v) is 2.33. The Morgan fingerprint density at radius 2 is 2.55 bits per heavy atom. The van der Waals surface area contributed by atoms with E-state index in [4.69, 9.17) is 16.3 Å². The first-order chi connectivity index (χ1) is 5.29. The zero-order valence-corrected chi connectivity index (χ0v) is 6.68. The molecular formula is C6H7ClN2O2. The molecule has 0 bridgehead atoms. The first-order valence-corrected chi connectivity index (χ1v) is 3.34. The third kappa shape index (κ3) is 1.58. The molecule has 0 aliphatic rings. The van der Waals surface area contributed by atoms with Crippen LogP contribution in [0.3, 0.4) is 0 Å². The Morgan fingerprint density at radius 1 is 1.82 bits per heavy atom. The Hall–Kier alpha value is -0.870. The summed E-state index contributed by atoms with van der Waals surface area (Å²) in [5.41, 5.74) is 0.843. The minimum Gasteiger partial charge on any atom is -0.378 e. The average Bonchev–Trinajstić information content (AvgIpc) is 2.34. The van der Waals surface area contributed by atoms with Gasteiger partial charge in [0.2, 0.25) is 0 Å². The molecule has 0 fully saturated rings. The van der Waals surface area contributed by atoms with Crippen LogP contribution < -0.4 is 0 Å². The zero-order chi connectivity index (χ0) is 8.27. The van der Waals surface area contributed by atoms with Gasteiger partial charge in [-0.15, -0.1) is 0 Å². The topological polar surface area (TPSA) is 55.0 Å². The second kappa shape index (κ2) is 3.50. The molecule has 11 heavy (non-hydrogen) atoms. The summed E-state index contributed by atoms with van der Waals surface area (Å²) in [6.07, 6.45) is 0.595. The number of nitrogens with one attached hydrogen (secondary N) is 1. The smallest absolute Gasteiger partial charge is 0.171 e. The highest BCUT2D eigenvalue weighted by Crippen LogP contribution is 2.16. The van der Waals surface area contributed by atoms with Gasteiger partial charge < -0.3 is 4.74 Å². The van der Waals surface area contributed by atoms with Gasteiger partial charge in [0.1, 0.15) is 5.69 Å². The van der Waals surface area contributed by atoms with Gasteiger partial charge in [-0.2, -0.15) is 5.10 Å². The van der Waals surface area contributed by atoms with Crippen LogP contribution in [0, 0.1) is 0 Å². The van der Waals surface area contributed by atoms with Crippen LogP contribution >= 0.6 is 11.6 Å². The molecular weight excluding hydrogens is 168 g/mol. The van der Waals surface area contributed by atoms with E-state index >= 15 is 0 Å². The van der Waals surface area contributed by atoms with Crippen LogP contribution in [0.4, 0.5) is 0 Å². The summed E-state index contributed by atoms with van der Waals surface area (Å²) in [6, 6.07) is 0. The second-order valence-electron chi connectivity index (χ2n) is 1.95. The van der Waals surface area contributed by atoms with Gasteiger partial charge >= 0.3 is 0 Å². The molecule has 0 saturated heterocycles. The highest BCUT2D eigenvalue weighted by atomic mass is 35.5. The maximum absolute atomic E-state index is 10.2. The molecule has 1 heterocycles. The Kier molecular flexibility index (Phi) is 2.62. The van der Waals surface area contributed by atoms with Crippen LogP contribution in [0.1, 0.15) is 16.2 Å². The molecule has 1 aromatic rings. The molecule has 0 aliphatic carbocycles. The summed E-state index contributed by atoms with van der Waals surface area (Å²) >= 11 is 5.70. The molecule has 0 saturated carbocycles. The van der Waals surface area contributed by atoms with Crippen LogP contribution in [-0.2, 0) is 11.3 Å². The van der Waals surface area contributed by atoms with E-state index in [9.17, 15) is 4.79 Å². The van der Waals surface area contributed by atoms with Gasteiger partial charge in [0.25, 0.3) is 0 Å². The molecule has 4 nitrogen and oxygen atoms in total. The van der Waals surface area contributed by atoms with E-state index in [1.165, 1.54) is 7.11 Å². The van der Waals surface area contributed by atoms with E-state index in [1.54, 1.807) is 0 Å². The highest BCUT2D eigenvalue weighted by Gasteiger charge is 2.08. The van der Waals surface area contributed by atoms with E-state index in [-0.39, 0.29) is 5.69 Å². The number of hydrogen-bond acceptors (Lipinski definition) is 3. The van der Waals surface area contributed by atoms with Gasteiger partial charge in [-0.25, -0.2) is 0 Å². The number of aldehydes is 1. The first-order valence-electron chi connectivity index (χ1n) is 2.96. The van der Waals surface area contributed by atoms with Crippen molar-refractivity contribution < 1.29 is 9.53 Å².